The average Bonchev–Trinajstić information content (AvgIpc) is 2.35. The van der Waals surface area contributed by atoms with Crippen molar-refractivity contribution >= 4 is 23.6 Å². The Balaban J connectivity index is 2.49. The summed E-state index contributed by atoms with van der Waals surface area (Å²) in [6.07, 6.45) is 1.59. The van der Waals surface area contributed by atoms with Gasteiger partial charge in [0.15, 0.2) is 0 Å². The van der Waals surface area contributed by atoms with Gasteiger partial charge in [0, 0.05) is 11.8 Å². The van der Waals surface area contributed by atoms with Crippen molar-refractivity contribution in [2.24, 2.45) is 5.84 Å². The molecule has 0 spiro atoms. The van der Waals surface area contributed by atoms with Crippen molar-refractivity contribution in [3.05, 3.63) is 11.8 Å². The number of aromatic nitrogens is 2. The first kappa shape index (κ1) is 13.2. The van der Waals surface area contributed by atoms with Gasteiger partial charge >= 0.3 is 0 Å². The Bertz CT molecular complexity index is 542. The second-order valence-electron chi connectivity index (χ2n) is 4.87. The minimum absolute atomic E-state index is 0.0562. The fourth-order valence-electron chi connectivity index (χ4n) is 1.90. The lowest BCUT2D eigenvalue weighted by Gasteiger charge is -2.41. The maximum Gasteiger partial charge on any atom is 0.251 e. The smallest absolute Gasteiger partial charge is 0.251 e. The largest absolute Gasteiger partial charge is 0.333 e. The highest BCUT2D eigenvalue weighted by Crippen LogP contribution is 2.27. The fraction of sp³-hybridized carbons (Fsp3) is 0.455. The molecule has 1 aliphatic rings. The van der Waals surface area contributed by atoms with E-state index in [-0.39, 0.29) is 24.3 Å². The van der Waals surface area contributed by atoms with Gasteiger partial charge in [-0.3, -0.25) is 20.3 Å². The Morgan fingerprint density at radius 1 is 1.47 bits per heavy atom. The highest BCUT2D eigenvalue weighted by molar-refractivity contribution is 6.06. The topological polar surface area (TPSA) is 113 Å². The number of nitrogen functional groups attached to an aromatic ring is 1. The summed E-state index contributed by atoms with van der Waals surface area (Å²) in [4.78, 5) is 33.3. The van der Waals surface area contributed by atoms with Crippen LogP contribution in [-0.4, -0.2) is 33.9 Å². The summed E-state index contributed by atoms with van der Waals surface area (Å²) in [5.74, 6) is 5.31. The van der Waals surface area contributed by atoms with E-state index in [1.54, 1.807) is 24.9 Å². The van der Waals surface area contributed by atoms with Crippen LogP contribution >= 0.6 is 0 Å². The SMILES string of the molecule is Cc1cnc(NN)nc1N1CC(=O)NC(=O)C1(C)C. The molecule has 0 atom stereocenters. The molecule has 8 heteroatoms. The van der Waals surface area contributed by atoms with Crippen LogP contribution in [0.15, 0.2) is 6.20 Å². The molecule has 8 nitrogen and oxygen atoms in total. The molecule has 19 heavy (non-hydrogen) atoms. The number of aryl methyl sites for hydroxylation is 1. The van der Waals surface area contributed by atoms with E-state index in [2.05, 4.69) is 20.7 Å². The van der Waals surface area contributed by atoms with Gasteiger partial charge in [-0.25, -0.2) is 10.8 Å². The van der Waals surface area contributed by atoms with Crippen LogP contribution in [0, 0.1) is 6.92 Å². The summed E-state index contributed by atoms with van der Waals surface area (Å²) in [6.45, 7) is 5.32. The zero-order chi connectivity index (χ0) is 14.2. The molecule has 0 bridgehead atoms. The summed E-state index contributed by atoms with van der Waals surface area (Å²) in [7, 11) is 0. The van der Waals surface area contributed by atoms with Gasteiger partial charge in [0.05, 0.1) is 6.54 Å². The molecule has 102 valence electrons. The van der Waals surface area contributed by atoms with Crippen molar-refractivity contribution in [1.29, 1.82) is 0 Å². The number of nitrogens with one attached hydrogen (secondary N) is 2. The predicted octanol–water partition coefficient (Wildman–Crippen LogP) is -0.688. The first-order valence-electron chi connectivity index (χ1n) is 5.78. The third-order valence-corrected chi connectivity index (χ3v) is 3.11. The number of nitrogens with two attached hydrogens (primary N) is 1. The van der Waals surface area contributed by atoms with Crippen molar-refractivity contribution in [2.45, 2.75) is 26.3 Å². The molecule has 2 amide bonds. The van der Waals surface area contributed by atoms with E-state index in [9.17, 15) is 9.59 Å². The molecular formula is C11H16N6O2. The van der Waals surface area contributed by atoms with Crippen molar-refractivity contribution < 1.29 is 9.59 Å². The maximum atomic E-state index is 11.9. The van der Waals surface area contributed by atoms with Crippen LogP contribution < -0.4 is 21.5 Å². The van der Waals surface area contributed by atoms with Crippen LogP contribution in [0.2, 0.25) is 0 Å². The monoisotopic (exact) mass is 264 g/mol. The number of hydrazine groups is 1. The number of hydrogen-bond acceptors (Lipinski definition) is 7. The van der Waals surface area contributed by atoms with Crippen LogP contribution in [0.1, 0.15) is 19.4 Å². The molecule has 2 heterocycles. The minimum Gasteiger partial charge on any atom is -0.333 e. The highest BCUT2D eigenvalue weighted by Gasteiger charge is 2.42. The summed E-state index contributed by atoms with van der Waals surface area (Å²) >= 11 is 0. The second-order valence-corrected chi connectivity index (χ2v) is 4.87. The van der Waals surface area contributed by atoms with Crippen molar-refractivity contribution in [2.75, 3.05) is 16.9 Å². The standard InChI is InChI=1S/C11H16N6O2/c1-6-4-13-10(16-12)15-8(6)17-5-7(18)14-9(19)11(17,2)3/h4H,5,12H2,1-3H3,(H,13,15,16)(H,14,18,19). The Hall–Kier alpha value is -2.22. The molecule has 2 rings (SSSR count). The van der Waals surface area contributed by atoms with Crippen molar-refractivity contribution in [3.8, 4) is 0 Å². The number of carbonyl (C=O) groups excluding carboxylic acids is 2. The Morgan fingerprint density at radius 3 is 2.79 bits per heavy atom. The number of hydrogen-bond donors (Lipinski definition) is 3. The van der Waals surface area contributed by atoms with Gasteiger partial charge in [-0.15, -0.1) is 0 Å². The van der Waals surface area contributed by atoms with Crippen LogP contribution in [0.25, 0.3) is 0 Å². The summed E-state index contributed by atoms with van der Waals surface area (Å²) < 4.78 is 0. The van der Waals surface area contributed by atoms with Crippen LogP contribution in [0.5, 0.6) is 0 Å². The Kier molecular flexibility index (Phi) is 3.11. The molecule has 0 unspecified atom stereocenters. The predicted molar refractivity (Wildman–Crippen MR) is 69.2 cm³/mol. The summed E-state index contributed by atoms with van der Waals surface area (Å²) in [5, 5.41) is 2.31. The second kappa shape index (κ2) is 4.47. The normalized spacial score (nSPS) is 18.2. The molecule has 0 aromatic carbocycles. The van der Waals surface area contributed by atoms with Gasteiger partial charge in [-0.05, 0) is 20.8 Å². The molecule has 0 radical (unpaired) electrons. The molecular weight excluding hydrogens is 248 g/mol. The lowest BCUT2D eigenvalue weighted by Crippen LogP contribution is -2.64. The quantitative estimate of drug-likeness (QED) is 0.368. The number of piperazine rings is 1. The van der Waals surface area contributed by atoms with E-state index in [1.165, 1.54) is 0 Å². The minimum atomic E-state index is -0.876. The van der Waals surface area contributed by atoms with Gasteiger partial charge < -0.3 is 4.90 Å². The number of rotatable bonds is 2. The third kappa shape index (κ3) is 2.22. The zero-order valence-electron chi connectivity index (χ0n) is 11.0. The van der Waals surface area contributed by atoms with Crippen LogP contribution in [-0.2, 0) is 9.59 Å². The molecule has 1 aromatic rings. The van der Waals surface area contributed by atoms with Crippen molar-refractivity contribution in [3.63, 3.8) is 0 Å². The van der Waals surface area contributed by atoms with Gasteiger partial charge in [-0.1, -0.05) is 0 Å². The number of anilines is 2. The zero-order valence-corrected chi connectivity index (χ0v) is 11.0. The van der Waals surface area contributed by atoms with Gasteiger partial charge in [0.1, 0.15) is 11.4 Å². The number of carbonyl (C=O) groups is 2. The van der Waals surface area contributed by atoms with Gasteiger partial charge in [0.25, 0.3) is 5.91 Å². The molecule has 4 N–H and O–H groups in total. The highest BCUT2D eigenvalue weighted by atomic mass is 16.2. The lowest BCUT2D eigenvalue weighted by atomic mass is 9.98. The Morgan fingerprint density at radius 2 is 2.16 bits per heavy atom. The van der Waals surface area contributed by atoms with E-state index in [0.717, 1.165) is 5.56 Å². The van der Waals surface area contributed by atoms with Crippen LogP contribution in [0.4, 0.5) is 11.8 Å². The molecule has 0 aliphatic carbocycles. The number of amides is 2. The molecule has 0 saturated carbocycles. The maximum absolute atomic E-state index is 11.9. The molecule has 1 saturated heterocycles. The van der Waals surface area contributed by atoms with E-state index >= 15 is 0 Å². The van der Waals surface area contributed by atoms with E-state index in [4.69, 9.17) is 5.84 Å². The van der Waals surface area contributed by atoms with E-state index in [0.29, 0.717) is 5.82 Å². The van der Waals surface area contributed by atoms with E-state index in [1.807, 2.05) is 6.92 Å². The van der Waals surface area contributed by atoms with Gasteiger partial charge in [0.2, 0.25) is 11.9 Å². The third-order valence-electron chi connectivity index (χ3n) is 3.11. The lowest BCUT2D eigenvalue weighted by molar-refractivity contribution is -0.135. The number of nitrogens with zero attached hydrogens (tertiary/aromatic N) is 3. The molecule has 1 fully saturated rings. The summed E-state index contributed by atoms with van der Waals surface area (Å²) in [6, 6.07) is 0. The Labute approximate surface area is 110 Å². The molecule has 1 aliphatic heterocycles. The molecule has 1 aromatic heterocycles. The van der Waals surface area contributed by atoms with Crippen molar-refractivity contribution in [1.82, 2.24) is 15.3 Å². The first-order chi connectivity index (χ1) is 8.86. The first-order valence-corrected chi connectivity index (χ1v) is 5.78. The fourth-order valence-corrected chi connectivity index (χ4v) is 1.90. The van der Waals surface area contributed by atoms with E-state index < -0.39 is 5.54 Å². The average molecular weight is 264 g/mol. The van der Waals surface area contributed by atoms with Crippen LogP contribution in [0.3, 0.4) is 0 Å². The van der Waals surface area contributed by atoms with Gasteiger partial charge in [-0.2, -0.15) is 4.98 Å². The summed E-state index contributed by atoms with van der Waals surface area (Å²) in [5.41, 5.74) is 2.23. The number of imide groups is 1.